The Balaban J connectivity index is 2.69. The Morgan fingerprint density at radius 2 is 2.33 bits per heavy atom. The van der Waals surface area contributed by atoms with Crippen molar-refractivity contribution in [2.45, 2.75) is 0 Å². The molecule has 0 aliphatic carbocycles. The van der Waals surface area contributed by atoms with Gasteiger partial charge in [-0.15, -0.1) is 0 Å². The summed E-state index contributed by atoms with van der Waals surface area (Å²) in [7, 11) is 1.91. The van der Waals surface area contributed by atoms with Gasteiger partial charge in [0.2, 0.25) is 0 Å². The highest BCUT2D eigenvalue weighted by atomic mass is 127. The smallest absolute Gasteiger partial charge is 0.127 e. The lowest BCUT2D eigenvalue weighted by atomic mass is 10.4. The van der Waals surface area contributed by atoms with E-state index in [1.54, 1.807) is 0 Å². The summed E-state index contributed by atoms with van der Waals surface area (Å²) in [6.07, 6.45) is 3.84. The molecule has 0 aliphatic heterocycles. The largest absolute Gasteiger partial charge is 0.387 e. The highest BCUT2D eigenvalue weighted by Crippen LogP contribution is 2.14. The van der Waals surface area contributed by atoms with E-state index in [1.165, 1.54) is 0 Å². The second-order valence-corrected chi connectivity index (χ2v) is 3.52. The lowest BCUT2D eigenvalue weighted by molar-refractivity contribution is 1.15. The van der Waals surface area contributed by atoms with Gasteiger partial charge < -0.3 is 9.72 Å². The SMILES string of the molecule is CNc1ccc2c(I)ncn2c1. The molecule has 0 aromatic carbocycles. The molecule has 0 atom stereocenters. The van der Waals surface area contributed by atoms with Gasteiger partial charge in [0.15, 0.2) is 0 Å². The van der Waals surface area contributed by atoms with Crippen LogP contribution in [0.25, 0.3) is 5.52 Å². The molecule has 2 aromatic rings. The molecular weight excluding hydrogens is 265 g/mol. The molecule has 62 valence electrons. The van der Waals surface area contributed by atoms with Crippen LogP contribution in [0.15, 0.2) is 24.7 Å². The third kappa shape index (κ3) is 1.16. The van der Waals surface area contributed by atoms with Gasteiger partial charge in [0.25, 0.3) is 0 Å². The predicted octanol–water partition coefficient (Wildman–Crippen LogP) is 1.98. The van der Waals surface area contributed by atoms with Crippen molar-refractivity contribution in [3.8, 4) is 0 Å². The van der Waals surface area contributed by atoms with Crippen LogP contribution < -0.4 is 5.32 Å². The van der Waals surface area contributed by atoms with E-state index in [1.807, 2.05) is 30.0 Å². The van der Waals surface area contributed by atoms with Crippen LogP contribution in [-0.2, 0) is 0 Å². The summed E-state index contributed by atoms with van der Waals surface area (Å²) in [6, 6.07) is 4.10. The van der Waals surface area contributed by atoms with E-state index in [4.69, 9.17) is 0 Å². The average molecular weight is 273 g/mol. The zero-order chi connectivity index (χ0) is 8.55. The van der Waals surface area contributed by atoms with Crippen LogP contribution in [-0.4, -0.2) is 16.4 Å². The van der Waals surface area contributed by atoms with Crippen molar-refractivity contribution in [3.05, 3.63) is 28.4 Å². The number of imidazole rings is 1. The van der Waals surface area contributed by atoms with Crippen LogP contribution in [0, 0.1) is 3.70 Å². The minimum atomic E-state index is 1.04. The lowest BCUT2D eigenvalue weighted by Crippen LogP contribution is -1.90. The second-order valence-electron chi connectivity index (χ2n) is 2.50. The van der Waals surface area contributed by atoms with Gasteiger partial charge in [0, 0.05) is 13.2 Å². The summed E-state index contributed by atoms with van der Waals surface area (Å²) >= 11 is 2.22. The Kier molecular flexibility index (Phi) is 1.92. The van der Waals surface area contributed by atoms with Gasteiger partial charge in [-0.25, -0.2) is 4.98 Å². The molecule has 0 spiro atoms. The Labute approximate surface area is 83.9 Å². The fourth-order valence-corrected chi connectivity index (χ4v) is 1.70. The van der Waals surface area contributed by atoms with Crippen LogP contribution in [0.1, 0.15) is 0 Å². The summed E-state index contributed by atoms with van der Waals surface area (Å²) in [5.74, 6) is 0. The van der Waals surface area contributed by atoms with Crippen molar-refractivity contribution in [2.24, 2.45) is 0 Å². The molecule has 0 unspecified atom stereocenters. The highest BCUT2D eigenvalue weighted by Gasteiger charge is 1.99. The molecule has 12 heavy (non-hydrogen) atoms. The van der Waals surface area contributed by atoms with Crippen LogP contribution >= 0.6 is 22.6 Å². The van der Waals surface area contributed by atoms with E-state index in [0.29, 0.717) is 0 Å². The van der Waals surface area contributed by atoms with Gasteiger partial charge in [-0.3, -0.25) is 0 Å². The predicted molar refractivity (Wildman–Crippen MR) is 57.5 cm³/mol. The van der Waals surface area contributed by atoms with Crippen molar-refractivity contribution in [1.29, 1.82) is 0 Å². The Bertz CT molecular complexity index is 408. The first kappa shape index (κ1) is 7.85. The standard InChI is InChI=1S/C8H8IN3/c1-10-6-2-3-7-8(9)11-5-12(7)4-6/h2-5,10H,1H3. The number of hydrogen-bond acceptors (Lipinski definition) is 2. The van der Waals surface area contributed by atoms with Gasteiger partial charge >= 0.3 is 0 Å². The number of fused-ring (bicyclic) bond motifs is 1. The van der Waals surface area contributed by atoms with Crippen molar-refractivity contribution < 1.29 is 0 Å². The Hall–Kier alpha value is -0.780. The average Bonchev–Trinajstić information content (AvgIpc) is 2.47. The van der Waals surface area contributed by atoms with Crippen LogP contribution in [0.2, 0.25) is 0 Å². The highest BCUT2D eigenvalue weighted by molar-refractivity contribution is 14.1. The minimum Gasteiger partial charge on any atom is -0.387 e. The van der Waals surface area contributed by atoms with Crippen molar-refractivity contribution in [1.82, 2.24) is 9.38 Å². The normalized spacial score (nSPS) is 10.5. The number of halogens is 1. The maximum atomic E-state index is 4.19. The maximum Gasteiger partial charge on any atom is 0.127 e. The third-order valence-electron chi connectivity index (χ3n) is 1.77. The number of aromatic nitrogens is 2. The first-order valence-corrected chi connectivity index (χ1v) is 4.69. The van der Waals surface area contributed by atoms with Crippen molar-refractivity contribution >= 4 is 33.8 Å². The summed E-state index contributed by atoms with van der Waals surface area (Å²) < 4.78 is 3.04. The first-order chi connectivity index (χ1) is 5.81. The number of nitrogens with zero attached hydrogens (tertiary/aromatic N) is 2. The molecule has 0 aliphatic rings. The molecule has 2 aromatic heterocycles. The second kappa shape index (κ2) is 2.93. The molecule has 1 N–H and O–H groups in total. The topological polar surface area (TPSA) is 29.3 Å². The maximum absolute atomic E-state index is 4.19. The number of anilines is 1. The molecule has 0 fully saturated rings. The minimum absolute atomic E-state index is 1.04. The molecule has 3 nitrogen and oxygen atoms in total. The van der Waals surface area contributed by atoms with Crippen LogP contribution in [0.5, 0.6) is 0 Å². The number of hydrogen-bond donors (Lipinski definition) is 1. The van der Waals surface area contributed by atoms with E-state index in [2.05, 4.69) is 39.0 Å². The lowest BCUT2D eigenvalue weighted by Gasteiger charge is -1.99. The molecule has 0 saturated carbocycles. The van der Waals surface area contributed by atoms with Crippen LogP contribution in [0.4, 0.5) is 5.69 Å². The molecule has 0 bridgehead atoms. The van der Waals surface area contributed by atoms with Gasteiger partial charge in [-0.1, -0.05) is 0 Å². The quantitative estimate of drug-likeness (QED) is 0.805. The van der Waals surface area contributed by atoms with Gasteiger partial charge in [0.1, 0.15) is 10.0 Å². The van der Waals surface area contributed by atoms with Crippen LogP contribution in [0.3, 0.4) is 0 Å². The molecule has 0 radical (unpaired) electrons. The summed E-state index contributed by atoms with van der Waals surface area (Å²) in [4.78, 5) is 4.19. The molecule has 2 rings (SSSR count). The monoisotopic (exact) mass is 273 g/mol. The first-order valence-electron chi connectivity index (χ1n) is 3.61. The van der Waals surface area contributed by atoms with Gasteiger partial charge in [0.05, 0.1) is 11.2 Å². The van der Waals surface area contributed by atoms with E-state index < -0.39 is 0 Å². The molecule has 2 heterocycles. The zero-order valence-corrected chi connectivity index (χ0v) is 8.74. The fourth-order valence-electron chi connectivity index (χ4n) is 1.11. The Morgan fingerprint density at radius 3 is 3.08 bits per heavy atom. The van der Waals surface area contributed by atoms with E-state index in [0.717, 1.165) is 14.9 Å². The molecule has 4 heteroatoms. The zero-order valence-electron chi connectivity index (χ0n) is 6.58. The van der Waals surface area contributed by atoms with Crippen molar-refractivity contribution in [3.63, 3.8) is 0 Å². The van der Waals surface area contributed by atoms with Crippen molar-refractivity contribution in [2.75, 3.05) is 12.4 Å². The summed E-state index contributed by atoms with van der Waals surface area (Å²) in [5, 5.41) is 3.08. The summed E-state index contributed by atoms with van der Waals surface area (Å²) in [6.45, 7) is 0. The number of pyridine rings is 1. The molecular formula is C8H8IN3. The molecule has 0 saturated heterocycles. The summed E-state index contributed by atoms with van der Waals surface area (Å²) in [5.41, 5.74) is 2.24. The van der Waals surface area contributed by atoms with E-state index in [-0.39, 0.29) is 0 Å². The van der Waals surface area contributed by atoms with Gasteiger partial charge in [-0.2, -0.15) is 0 Å². The third-order valence-corrected chi connectivity index (χ3v) is 2.60. The number of nitrogens with one attached hydrogen (secondary N) is 1. The molecule has 0 amide bonds. The number of rotatable bonds is 1. The Morgan fingerprint density at radius 1 is 1.50 bits per heavy atom. The van der Waals surface area contributed by atoms with Gasteiger partial charge in [-0.05, 0) is 34.7 Å². The fraction of sp³-hybridized carbons (Fsp3) is 0.125. The van der Waals surface area contributed by atoms with E-state index >= 15 is 0 Å². The van der Waals surface area contributed by atoms with E-state index in [9.17, 15) is 0 Å².